The normalized spacial score (nSPS) is 21.4. The molecule has 8 heteroatoms. The number of rotatable bonds is 3. The van der Waals surface area contributed by atoms with Crippen LogP contribution in [-0.4, -0.2) is 33.7 Å². The Labute approximate surface area is 128 Å². The Hall–Kier alpha value is -1.60. The summed E-state index contributed by atoms with van der Waals surface area (Å²) in [6.07, 6.45) is 3.31. The highest BCUT2D eigenvalue weighted by atomic mass is 35.5. The molecule has 2 atom stereocenters. The summed E-state index contributed by atoms with van der Waals surface area (Å²) in [4.78, 5) is 35.1. The van der Waals surface area contributed by atoms with Crippen molar-refractivity contribution in [2.75, 3.05) is 6.54 Å². The Morgan fingerprint density at radius 3 is 2.86 bits per heavy atom. The summed E-state index contributed by atoms with van der Waals surface area (Å²) in [5.74, 6) is -0.216. The van der Waals surface area contributed by atoms with Crippen molar-refractivity contribution in [1.82, 2.24) is 19.8 Å². The number of halogens is 1. The Kier molecular flexibility index (Phi) is 6.17. The minimum atomic E-state index is -0.484. The molecule has 1 aromatic heterocycles. The molecule has 1 amide bonds. The van der Waals surface area contributed by atoms with Crippen molar-refractivity contribution >= 4 is 18.3 Å². The number of aromatic nitrogens is 2. The van der Waals surface area contributed by atoms with Gasteiger partial charge in [-0.2, -0.15) is 0 Å². The van der Waals surface area contributed by atoms with Crippen LogP contribution in [0.2, 0.25) is 0 Å². The van der Waals surface area contributed by atoms with Gasteiger partial charge in [0.25, 0.3) is 5.56 Å². The fourth-order valence-corrected chi connectivity index (χ4v) is 2.38. The van der Waals surface area contributed by atoms with Crippen LogP contribution in [0.4, 0.5) is 0 Å². The third-order valence-electron chi connectivity index (χ3n) is 3.68. The van der Waals surface area contributed by atoms with E-state index >= 15 is 0 Å². The zero-order valence-corrected chi connectivity index (χ0v) is 13.0. The Bertz CT molecular complexity index is 610. The highest BCUT2D eigenvalue weighted by Gasteiger charge is 2.22. The summed E-state index contributed by atoms with van der Waals surface area (Å²) in [5.41, 5.74) is -0.862. The molecular weight excluding hydrogens is 296 g/mol. The van der Waals surface area contributed by atoms with Crippen LogP contribution in [-0.2, 0) is 18.4 Å². The van der Waals surface area contributed by atoms with Gasteiger partial charge in [-0.1, -0.05) is 0 Å². The molecule has 7 nitrogen and oxygen atoms in total. The molecule has 2 N–H and O–H groups in total. The second-order valence-electron chi connectivity index (χ2n) is 5.18. The van der Waals surface area contributed by atoms with Crippen molar-refractivity contribution in [3.63, 3.8) is 0 Å². The first-order valence-corrected chi connectivity index (χ1v) is 6.78. The van der Waals surface area contributed by atoms with Crippen LogP contribution in [0, 0.1) is 0 Å². The second-order valence-corrected chi connectivity index (χ2v) is 5.18. The van der Waals surface area contributed by atoms with Crippen LogP contribution in [0.15, 0.2) is 21.9 Å². The highest BCUT2D eigenvalue weighted by Crippen LogP contribution is 2.07. The summed E-state index contributed by atoms with van der Waals surface area (Å²) in [5, 5.41) is 6.23. The van der Waals surface area contributed by atoms with Gasteiger partial charge in [0.1, 0.15) is 6.54 Å². The van der Waals surface area contributed by atoms with Crippen LogP contribution >= 0.6 is 12.4 Å². The highest BCUT2D eigenvalue weighted by molar-refractivity contribution is 5.85. The summed E-state index contributed by atoms with van der Waals surface area (Å²) in [6.45, 7) is 2.92. The third kappa shape index (κ3) is 4.18. The molecule has 1 aliphatic rings. The Morgan fingerprint density at radius 1 is 1.48 bits per heavy atom. The van der Waals surface area contributed by atoms with Crippen molar-refractivity contribution in [3.8, 4) is 0 Å². The standard InChI is InChI=1S/C13H20N4O3.ClH/c1-9-10(4-3-6-14-9)15-11(18)8-17-7-5-12(19)16(2)13(17)20;/h5,7,9-10,14H,3-4,6,8H2,1-2H3,(H,15,18);1H. The van der Waals surface area contributed by atoms with E-state index < -0.39 is 5.69 Å². The molecule has 0 aliphatic carbocycles. The lowest BCUT2D eigenvalue weighted by Crippen LogP contribution is -2.53. The zero-order chi connectivity index (χ0) is 14.7. The van der Waals surface area contributed by atoms with Crippen LogP contribution in [0.3, 0.4) is 0 Å². The van der Waals surface area contributed by atoms with Crippen molar-refractivity contribution in [2.45, 2.75) is 38.4 Å². The van der Waals surface area contributed by atoms with E-state index in [4.69, 9.17) is 0 Å². The summed E-state index contributed by atoms with van der Waals surface area (Å²) in [7, 11) is 1.40. The molecule has 0 bridgehead atoms. The number of amides is 1. The van der Waals surface area contributed by atoms with Gasteiger partial charge < -0.3 is 10.6 Å². The molecule has 2 heterocycles. The van der Waals surface area contributed by atoms with Gasteiger partial charge in [0.05, 0.1) is 0 Å². The first-order valence-electron chi connectivity index (χ1n) is 6.78. The molecule has 0 radical (unpaired) electrons. The van der Waals surface area contributed by atoms with E-state index in [1.807, 2.05) is 6.92 Å². The van der Waals surface area contributed by atoms with Gasteiger partial charge >= 0.3 is 5.69 Å². The third-order valence-corrected chi connectivity index (χ3v) is 3.68. The molecular formula is C13H21ClN4O3. The van der Waals surface area contributed by atoms with Crippen molar-refractivity contribution in [3.05, 3.63) is 33.1 Å². The molecule has 1 aliphatic heterocycles. The number of nitrogens with one attached hydrogen (secondary N) is 2. The topological polar surface area (TPSA) is 85.1 Å². The van der Waals surface area contributed by atoms with Gasteiger partial charge in [-0.05, 0) is 26.3 Å². The maximum absolute atomic E-state index is 12.0. The van der Waals surface area contributed by atoms with E-state index in [9.17, 15) is 14.4 Å². The number of carbonyl (C=O) groups excluding carboxylic acids is 1. The second kappa shape index (κ2) is 7.42. The predicted molar refractivity (Wildman–Crippen MR) is 81.8 cm³/mol. The monoisotopic (exact) mass is 316 g/mol. The molecule has 1 aromatic rings. The first kappa shape index (κ1) is 17.5. The Balaban J connectivity index is 0.00000220. The zero-order valence-electron chi connectivity index (χ0n) is 12.2. The minimum absolute atomic E-state index is 0. The molecule has 2 unspecified atom stereocenters. The first-order chi connectivity index (χ1) is 9.49. The number of hydrogen-bond donors (Lipinski definition) is 2. The van der Waals surface area contributed by atoms with Crippen molar-refractivity contribution in [1.29, 1.82) is 0 Å². The molecule has 2 rings (SSSR count). The van der Waals surface area contributed by atoms with E-state index in [1.165, 1.54) is 23.9 Å². The average molecular weight is 317 g/mol. The fraction of sp³-hybridized carbons (Fsp3) is 0.615. The number of nitrogens with zero attached hydrogens (tertiary/aromatic N) is 2. The van der Waals surface area contributed by atoms with Crippen LogP contribution in [0.5, 0.6) is 0 Å². The molecule has 1 saturated heterocycles. The van der Waals surface area contributed by atoms with Crippen LogP contribution < -0.4 is 21.9 Å². The van der Waals surface area contributed by atoms with E-state index in [1.54, 1.807) is 0 Å². The molecule has 0 saturated carbocycles. The van der Waals surface area contributed by atoms with Gasteiger partial charge in [-0.15, -0.1) is 12.4 Å². The lowest BCUT2D eigenvalue weighted by Gasteiger charge is -2.30. The molecule has 1 fully saturated rings. The average Bonchev–Trinajstić information content (AvgIpc) is 2.42. The number of piperidine rings is 1. The molecule has 0 spiro atoms. The van der Waals surface area contributed by atoms with Crippen molar-refractivity contribution < 1.29 is 4.79 Å². The van der Waals surface area contributed by atoms with E-state index in [2.05, 4.69) is 10.6 Å². The summed E-state index contributed by atoms with van der Waals surface area (Å²) in [6, 6.07) is 1.59. The van der Waals surface area contributed by atoms with Gasteiger partial charge in [0.2, 0.25) is 5.91 Å². The van der Waals surface area contributed by atoms with E-state index in [0.29, 0.717) is 0 Å². The predicted octanol–water partition coefficient (Wildman–Crippen LogP) is -0.774. The lowest BCUT2D eigenvalue weighted by molar-refractivity contribution is -0.122. The maximum atomic E-state index is 12.0. The van der Waals surface area contributed by atoms with Crippen LogP contribution in [0.1, 0.15) is 19.8 Å². The fourth-order valence-electron chi connectivity index (χ4n) is 2.38. The maximum Gasteiger partial charge on any atom is 0.331 e. The van der Waals surface area contributed by atoms with Gasteiger partial charge in [-0.3, -0.25) is 18.7 Å². The smallest absolute Gasteiger partial charge is 0.331 e. The molecule has 21 heavy (non-hydrogen) atoms. The molecule has 118 valence electrons. The number of hydrogen-bond acceptors (Lipinski definition) is 4. The lowest BCUT2D eigenvalue weighted by atomic mass is 10.00. The van der Waals surface area contributed by atoms with Gasteiger partial charge in [0, 0.05) is 31.4 Å². The SMILES string of the molecule is CC1NCCCC1NC(=O)Cn1ccc(=O)n(C)c1=O.Cl. The van der Waals surface area contributed by atoms with Crippen LogP contribution in [0.25, 0.3) is 0 Å². The largest absolute Gasteiger partial charge is 0.350 e. The van der Waals surface area contributed by atoms with Gasteiger partial charge in [0.15, 0.2) is 0 Å². The summed E-state index contributed by atoms with van der Waals surface area (Å²) < 4.78 is 2.22. The Morgan fingerprint density at radius 2 is 2.19 bits per heavy atom. The summed E-state index contributed by atoms with van der Waals surface area (Å²) >= 11 is 0. The van der Waals surface area contributed by atoms with E-state index in [0.717, 1.165) is 24.0 Å². The van der Waals surface area contributed by atoms with E-state index in [-0.39, 0.29) is 42.5 Å². The quantitative estimate of drug-likeness (QED) is 0.766. The molecule has 0 aromatic carbocycles. The van der Waals surface area contributed by atoms with Gasteiger partial charge in [-0.25, -0.2) is 4.79 Å². The minimum Gasteiger partial charge on any atom is -0.350 e. The number of carbonyl (C=O) groups is 1. The van der Waals surface area contributed by atoms with Crippen molar-refractivity contribution in [2.24, 2.45) is 7.05 Å².